The van der Waals surface area contributed by atoms with Crippen LogP contribution >= 0.6 is 23.2 Å². The summed E-state index contributed by atoms with van der Waals surface area (Å²) < 4.78 is 32.7. The van der Waals surface area contributed by atoms with Crippen molar-refractivity contribution in [3.63, 3.8) is 0 Å². The summed E-state index contributed by atoms with van der Waals surface area (Å²) in [7, 11) is -2.78. The Balaban J connectivity index is 1.96. The van der Waals surface area contributed by atoms with Crippen LogP contribution in [0.1, 0.15) is 5.56 Å². The van der Waals surface area contributed by atoms with E-state index in [2.05, 4.69) is 10.0 Å². The number of aliphatic hydroxyl groups is 1. The van der Waals surface area contributed by atoms with Crippen LogP contribution in [0.2, 0.25) is 10.0 Å². The minimum absolute atomic E-state index is 0.0143. The molecular weight excluding hydrogens is 493 g/mol. The zero-order valence-electron chi connectivity index (χ0n) is 17.7. The number of anilines is 2. The number of benzene rings is 2. The van der Waals surface area contributed by atoms with Crippen molar-refractivity contribution in [1.29, 1.82) is 0 Å². The lowest BCUT2D eigenvalue weighted by Crippen LogP contribution is -2.31. The second-order valence-corrected chi connectivity index (χ2v) is 9.65. The van der Waals surface area contributed by atoms with Crippen molar-refractivity contribution >= 4 is 56.5 Å². The molecule has 0 aromatic heterocycles. The molecule has 1 heterocycles. The molecule has 1 amide bonds. The van der Waals surface area contributed by atoms with Crippen molar-refractivity contribution in [1.82, 2.24) is 4.90 Å². The van der Waals surface area contributed by atoms with Crippen LogP contribution in [0.3, 0.4) is 0 Å². The third kappa shape index (κ3) is 5.41. The van der Waals surface area contributed by atoms with Gasteiger partial charge in [0.15, 0.2) is 0 Å². The SMILES string of the molecule is COC(=O)C1=C(Nc2cc(NS(=O)(=O)c3ccc(C)cc3)c(Cl)cc2Cl)C(=O)N(CCO)C1. The number of β-amino-alcohol motifs (C(OH)–C–C–N with tert-alkyl or cyclic N) is 1. The first-order valence-electron chi connectivity index (χ1n) is 9.64. The highest BCUT2D eigenvalue weighted by Crippen LogP contribution is 2.35. The van der Waals surface area contributed by atoms with Gasteiger partial charge in [0.2, 0.25) is 0 Å². The fourth-order valence-electron chi connectivity index (χ4n) is 3.13. The fraction of sp³-hybridized carbons (Fsp3) is 0.238. The Bertz CT molecular complexity index is 1230. The summed E-state index contributed by atoms with van der Waals surface area (Å²) >= 11 is 12.5. The van der Waals surface area contributed by atoms with Crippen molar-refractivity contribution in [3.05, 3.63) is 63.3 Å². The molecule has 0 bridgehead atoms. The number of aryl methyl sites for hydroxylation is 1. The Labute approximate surface area is 201 Å². The van der Waals surface area contributed by atoms with Gasteiger partial charge in [0.1, 0.15) is 5.70 Å². The zero-order chi connectivity index (χ0) is 24.3. The first kappa shape index (κ1) is 24.8. The van der Waals surface area contributed by atoms with Crippen LogP contribution in [0.15, 0.2) is 52.6 Å². The number of amides is 1. The molecule has 0 radical (unpaired) electrons. The molecule has 33 heavy (non-hydrogen) atoms. The molecule has 3 rings (SSSR count). The van der Waals surface area contributed by atoms with Crippen molar-refractivity contribution < 1.29 is 27.9 Å². The Kier molecular flexibility index (Phi) is 7.53. The summed E-state index contributed by atoms with van der Waals surface area (Å²) in [5.74, 6) is -1.27. The smallest absolute Gasteiger partial charge is 0.337 e. The second kappa shape index (κ2) is 10.0. The molecule has 2 aromatic rings. The minimum Gasteiger partial charge on any atom is -0.466 e. The minimum atomic E-state index is -3.96. The first-order chi connectivity index (χ1) is 15.6. The molecule has 0 atom stereocenters. The van der Waals surface area contributed by atoms with E-state index in [-0.39, 0.29) is 57.3 Å². The van der Waals surface area contributed by atoms with Gasteiger partial charge in [-0.1, -0.05) is 40.9 Å². The predicted octanol–water partition coefficient (Wildman–Crippen LogP) is 2.78. The van der Waals surface area contributed by atoms with E-state index >= 15 is 0 Å². The van der Waals surface area contributed by atoms with E-state index in [4.69, 9.17) is 27.9 Å². The Morgan fingerprint density at radius 3 is 2.39 bits per heavy atom. The van der Waals surface area contributed by atoms with E-state index in [0.29, 0.717) is 0 Å². The molecule has 0 saturated heterocycles. The Morgan fingerprint density at radius 1 is 1.15 bits per heavy atom. The summed E-state index contributed by atoms with van der Waals surface area (Å²) in [6, 6.07) is 8.87. The quantitative estimate of drug-likeness (QED) is 0.463. The van der Waals surface area contributed by atoms with Gasteiger partial charge in [0, 0.05) is 6.54 Å². The summed E-state index contributed by atoms with van der Waals surface area (Å²) in [5, 5.41) is 12.1. The van der Waals surface area contributed by atoms with Gasteiger partial charge in [-0.25, -0.2) is 13.2 Å². The molecular formula is C21H21Cl2N3O6S. The van der Waals surface area contributed by atoms with Crippen molar-refractivity contribution in [2.75, 3.05) is 36.8 Å². The van der Waals surface area contributed by atoms with E-state index in [0.717, 1.165) is 5.56 Å². The molecule has 12 heteroatoms. The highest BCUT2D eigenvalue weighted by Gasteiger charge is 2.35. The van der Waals surface area contributed by atoms with Crippen LogP contribution in [0.4, 0.5) is 11.4 Å². The van der Waals surface area contributed by atoms with Gasteiger partial charge in [0.25, 0.3) is 15.9 Å². The maximum absolute atomic E-state index is 12.8. The molecule has 0 spiro atoms. The van der Waals surface area contributed by atoms with Crippen LogP contribution in [-0.4, -0.2) is 57.1 Å². The van der Waals surface area contributed by atoms with E-state index in [1.807, 2.05) is 6.92 Å². The number of carbonyl (C=O) groups is 2. The number of carbonyl (C=O) groups excluding carboxylic acids is 2. The topological polar surface area (TPSA) is 125 Å². The first-order valence-corrected chi connectivity index (χ1v) is 11.9. The van der Waals surface area contributed by atoms with Crippen LogP contribution in [0.5, 0.6) is 0 Å². The summed E-state index contributed by atoms with van der Waals surface area (Å²) in [6.45, 7) is 1.49. The number of methoxy groups -OCH3 is 1. The predicted molar refractivity (Wildman–Crippen MR) is 125 cm³/mol. The van der Waals surface area contributed by atoms with Crippen molar-refractivity contribution in [2.45, 2.75) is 11.8 Å². The molecule has 0 fully saturated rings. The van der Waals surface area contributed by atoms with E-state index in [1.54, 1.807) is 12.1 Å². The Morgan fingerprint density at radius 2 is 1.79 bits per heavy atom. The highest BCUT2D eigenvalue weighted by atomic mass is 35.5. The molecule has 176 valence electrons. The lowest BCUT2D eigenvalue weighted by Gasteiger charge is -2.16. The van der Waals surface area contributed by atoms with Crippen LogP contribution < -0.4 is 10.0 Å². The lowest BCUT2D eigenvalue weighted by molar-refractivity contribution is -0.136. The monoisotopic (exact) mass is 513 g/mol. The molecule has 9 nitrogen and oxygen atoms in total. The Hall–Kier alpha value is -2.79. The molecule has 0 saturated carbocycles. The number of aliphatic hydroxyl groups excluding tert-OH is 1. The third-order valence-corrected chi connectivity index (χ3v) is 6.85. The maximum atomic E-state index is 12.8. The van der Waals surface area contributed by atoms with Gasteiger partial charge in [0.05, 0.1) is 52.2 Å². The average Bonchev–Trinajstić information content (AvgIpc) is 3.07. The number of nitrogens with one attached hydrogen (secondary N) is 2. The maximum Gasteiger partial charge on any atom is 0.337 e. The third-order valence-electron chi connectivity index (χ3n) is 4.85. The molecule has 1 aliphatic heterocycles. The molecule has 0 aliphatic carbocycles. The van der Waals surface area contributed by atoms with Gasteiger partial charge < -0.3 is 20.1 Å². The van der Waals surface area contributed by atoms with Gasteiger partial charge in [-0.05, 0) is 31.2 Å². The van der Waals surface area contributed by atoms with Crippen LogP contribution in [0, 0.1) is 6.92 Å². The fourth-order valence-corrected chi connectivity index (χ4v) is 4.73. The van der Waals surface area contributed by atoms with Crippen LogP contribution in [-0.2, 0) is 24.3 Å². The average molecular weight is 514 g/mol. The second-order valence-electron chi connectivity index (χ2n) is 7.15. The van der Waals surface area contributed by atoms with Gasteiger partial charge in [-0.2, -0.15) is 0 Å². The largest absolute Gasteiger partial charge is 0.466 e. The number of hydrogen-bond donors (Lipinski definition) is 3. The number of halogens is 2. The van der Waals surface area contributed by atoms with Gasteiger partial charge in [-0.3, -0.25) is 9.52 Å². The number of nitrogens with zero attached hydrogens (tertiary/aromatic N) is 1. The van der Waals surface area contributed by atoms with Crippen molar-refractivity contribution in [2.24, 2.45) is 0 Å². The number of sulfonamides is 1. The lowest BCUT2D eigenvalue weighted by atomic mass is 10.2. The van der Waals surface area contributed by atoms with E-state index < -0.39 is 21.9 Å². The molecule has 3 N–H and O–H groups in total. The summed E-state index contributed by atoms with van der Waals surface area (Å²) in [6.07, 6.45) is 0. The number of rotatable bonds is 8. The van der Waals surface area contributed by atoms with Gasteiger partial charge >= 0.3 is 5.97 Å². The number of hydrogen-bond acceptors (Lipinski definition) is 7. The van der Waals surface area contributed by atoms with Crippen LogP contribution in [0.25, 0.3) is 0 Å². The highest BCUT2D eigenvalue weighted by molar-refractivity contribution is 7.92. The summed E-state index contributed by atoms with van der Waals surface area (Å²) in [5.41, 5.74) is 1.01. The molecule has 0 unspecified atom stereocenters. The standard InChI is InChI=1S/C21H21Cl2N3O6S/c1-12-3-5-13(6-4-12)33(30,31)25-18-10-17(15(22)9-16(18)23)24-19-14(21(29)32-2)11-26(7-8-27)20(19)28/h3-6,9-10,24-25,27H,7-8,11H2,1-2H3. The van der Waals surface area contributed by atoms with Crippen molar-refractivity contribution in [3.8, 4) is 0 Å². The van der Waals surface area contributed by atoms with E-state index in [9.17, 15) is 23.1 Å². The van der Waals surface area contributed by atoms with Gasteiger partial charge in [-0.15, -0.1) is 0 Å². The normalized spacial score (nSPS) is 14.0. The number of esters is 1. The number of ether oxygens (including phenoxy) is 1. The molecule has 2 aromatic carbocycles. The zero-order valence-corrected chi connectivity index (χ0v) is 20.0. The summed E-state index contributed by atoms with van der Waals surface area (Å²) in [4.78, 5) is 26.2. The van der Waals surface area contributed by atoms with E-state index in [1.165, 1.54) is 36.3 Å². The molecule has 1 aliphatic rings.